The minimum absolute atomic E-state index is 0.0879. The van der Waals surface area contributed by atoms with Crippen molar-refractivity contribution >= 4 is 5.69 Å². The molecule has 1 aromatic carbocycles. The lowest BCUT2D eigenvalue weighted by atomic mass is 10.0. The number of aliphatic hydroxyl groups is 2. The SMILES string of the molecule is NCC(O)C(O)c1cc(N)ccc1O. The van der Waals surface area contributed by atoms with E-state index >= 15 is 0 Å². The second-order valence-corrected chi connectivity index (χ2v) is 3.07. The summed E-state index contributed by atoms with van der Waals surface area (Å²) < 4.78 is 0. The molecule has 0 saturated heterocycles. The number of hydrogen-bond donors (Lipinski definition) is 5. The topological polar surface area (TPSA) is 113 Å². The summed E-state index contributed by atoms with van der Waals surface area (Å²) >= 11 is 0. The normalized spacial score (nSPS) is 15.1. The standard InChI is InChI=1S/C9H14N2O3/c10-4-8(13)9(14)6-3-5(11)1-2-7(6)12/h1-3,8-9,12-14H,4,10-11H2. The first kappa shape index (κ1) is 10.8. The summed E-state index contributed by atoms with van der Waals surface area (Å²) in [4.78, 5) is 0. The van der Waals surface area contributed by atoms with Gasteiger partial charge in [0, 0.05) is 17.8 Å². The quantitative estimate of drug-likeness (QED) is 0.326. The number of hydrogen-bond acceptors (Lipinski definition) is 5. The molecule has 0 radical (unpaired) electrons. The van der Waals surface area contributed by atoms with E-state index in [1.54, 1.807) is 0 Å². The third-order valence-corrected chi connectivity index (χ3v) is 1.98. The zero-order valence-corrected chi connectivity index (χ0v) is 7.59. The maximum atomic E-state index is 9.55. The van der Waals surface area contributed by atoms with Gasteiger partial charge in [-0.15, -0.1) is 0 Å². The van der Waals surface area contributed by atoms with E-state index in [0.29, 0.717) is 5.69 Å². The van der Waals surface area contributed by atoms with Gasteiger partial charge in [-0.05, 0) is 18.2 Å². The Bertz CT molecular complexity index is 317. The number of rotatable bonds is 3. The van der Waals surface area contributed by atoms with Crippen LogP contribution in [0.5, 0.6) is 5.75 Å². The smallest absolute Gasteiger partial charge is 0.121 e. The number of anilines is 1. The Morgan fingerprint density at radius 3 is 2.50 bits per heavy atom. The summed E-state index contributed by atoms with van der Waals surface area (Å²) in [6.45, 7) is -0.0879. The number of benzene rings is 1. The molecule has 0 aliphatic heterocycles. The summed E-state index contributed by atoms with van der Waals surface area (Å²) in [6, 6.07) is 4.26. The maximum absolute atomic E-state index is 9.55. The molecule has 78 valence electrons. The number of nitrogen functional groups attached to an aromatic ring is 1. The van der Waals surface area contributed by atoms with E-state index in [-0.39, 0.29) is 17.9 Å². The van der Waals surface area contributed by atoms with Gasteiger partial charge >= 0.3 is 0 Å². The van der Waals surface area contributed by atoms with Crippen LogP contribution in [0.1, 0.15) is 11.7 Å². The van der Waals surface area contributed by atoms with Gasteiger partial charge in [-0.3, -0.25) is 0 Å². The molecule has 7 N–H and O–H groups in total. The molecular formula is C9H14N2O3. The highest BCUT2D eigenvalue weighted by Crippen LogP contribution is 2.27. The molecule has 5 heteroatoms. The van der Waals surface area contributed by atoms with Gasteiger partial charge in [0.05, 0.1) is 6.10 Å². The molecule has 0 spiro atoms. The molecule has 2 atom stereocenters. The van der Waals surface area contributed by atoms with E-state index in [0.717, 1.165) is 0 Å². The first-order valence-electron chi connectivity index (χ1n) is 4.21. The zero-order chi connectivity index (χ0) is 10.7. The van der Waals surface area contributed by atoms with Crippen LogP contribution in [-0.2, 0) is 0 Å². The first-order chi connectivity index (χ1) is 6.56. The lowest BCUT2D eigenvalue weighted by Gasteiger charge is -2.17. The summed E-state index contributed by atoms with van der Waals surface area (Å²) in [5, 5.41) is 28.2. The van der Waals surface area contributed by atoms with Gasteiger partial charge in [0.25, 0.3) is 0 Å². The molecule has 0 aliphatic carbocycles. The van der Waals surface area contributed by atoms with E-state index in [2.05, 4.69) is 0 Å². The predicted octanol–water partition coefficient (Wildman–Crippen LogP) is -0.673. The molecule has 0 bridgehead atoms. The Morgan fingerprint density at radius 1 is 1.29 bits per heavy atom. The largest absolute Gasteiger partial charge is 0.508 e. The van der Waals surface area contributed by atoms with Crippen LogP contribution in [0.2, 0.25) is 0 Å². The lowest BCUT2D eigenvalue weighted by molar-refractivity contribution is 0.0230. The Balaban J connectivity index is 2.99. The van der Waals surface area contributed by atoms with E-state index < -0.39 is 12.2 Å². The maximum Gasteiger partial charge on any atom is 0.121 e. The van der Waals surface area contributed by atoms with Crippen molar-refractivity contribution in [3.63, 3.8) is 0 Å². The molecule has 0 fully saturated rings. The molecule has 0 heterocycles. The average molecular weight is 198 g/mol. The Hall–Kier alpha value is -1.30. The van der Waals surface area contributed by atoms with E-state index in [1.165, 1.54) is 18.2 Å². The molecule has 0 aromatic heterocycles. The Kier molecular flexibility index (Phi) is 3.29. The van der Waals surface area contributed by atoms with Crippen LogP contribution in [0.3, 0.4) is 0 Å². The minimum Gasteiger partial charge on any atom is -0.508 e. The third-order valence-electron chi connectivity index (χ3n) is 1.98. The van der Waals surface area contributed by atoms with Crippen molar-refractivity contribution in [1.82, 2.24) is 0 Å². The molecule has 1 rings (SSSR count). The molecule has 0 aliphatic rings. The monoisotopic (exact) mass is 198 g/mol. The number of phenolic OH excluding ortho intramolecular Hbond substituents is 1. The van der Waals surface area contributed by atoms with Gasteiger partial charge in [0.15, 0.2) is 0 Å². The van der Waals surface area contributed by atoms with E-state index in [9.17, 15) is 15.3 Å². The predicted molar refractivity (Wildman–Crippen MR) is 52.5 cm³/mol. The van der Waals surface area contributed by atoms with Gasteiger partial charge in [-0.2, -0.15) is 0 Å². The van der Waals surface area contributed by atoms with Crippen molar-refractivity contribution < 1.29 is 15.3 Å². The number of aromatic hydroxyl groups is 1. The molecule has 5 nitrogen and oxygen atoms in total. The van der Waals surface area contributed by atoms with E-state index in [4.69, 9.17) is 11.5 Å². The fourth-order valence-electron chi connectivity index (χ4n) is 1.15. The summed E-state index contributed by atoms with van der Waals surface area (Å²) in [5.41, 5.74) is 11.2. The number of phenols is 1. The first-order valence-corrected chi connectivity index (χ1v) is 4.21. The molecule has 2 unspecified atom stereocenters. The van der Waals surface area contributed by atoms with Crippen LogP contribution in [0, 0.1) is 0 Å². The Morgan fingerprint density at radius 2 is 1.93 bits per heavy atom. The minimum atomic E-state index is -1.22. The highest BCUT2D eigenvalue weighted by atomic mass is 16.3. The summed E-state index contributed by atoms with van der Waals surface area (Å²) in [7, 11) is 0. The fourth-order valence-corrected chi connectivity index (χ4v) is 1.15. The van der Waals surface area contributed by atoms with Crippen LogP contribution >= 0.6 is 0 Å². The van der Waals surface area contributed by atoms with Crippen molar-refractivity contribution in [2.24, 2.45) is 5.73 Å². The molecule has 0 saturated carbocycles. The third kappa shape index (κ3) is 2.14. The lowest BCUT2D eigenvalue weighted by Crippen LogP contribution is -2.27. The van der Waals surface area contributed by atoms with Crippen molar-refractivity contribution in [3.05, 3.63) is 23.8 Å². The van der Waals surface area contributed by atoms with Crippen molar-refractivity contribution in [2.75, 3.05) is 12.3 Å². The van der Waals surface area contributed by atoms with Crippen LogP contribution in [0.25, 0.3) is 0 Å². The second kappa shape index (κ2) is 4.28. The highest BCUT2D eigenvalue weighted by molar-refractivity contribution is 5.48. The fraction of sp³-hybridized carbons (Fsp3) is 0.333. The Labute approximate surface area is 81.6 Å². The molecule has 0 amide bonds. The highest BCUT2D eigenvalue weighted by Gasteiger charge is 2.19. The van der Waals surface area contributed by atoms with E-state index in [1.807, 2.05) is 0 Å². The number of aliphatic hydroxyl groups excluding tert-OH is 2. The van der Waals surface area contributed by atoms with Crippen molar-refractivity contribution in [2.45, 2.75) is 12.2 Å². The van der Waals surface area contributed by atoms with Crippen molar-refractivity contribution in [1.29, 1.82) is 0 Å². The van der Waals surface area contributed by atoms with Gasteiger partial charge in [0.2, 0.25) is 0 Å². The second-order valence-electron chi connectivity index (χ2n) is 3.07. The number of nitrogens with two attached hydrogens (primary N) is 2. The molecular weight excluding hydrogens is 184 g/mol. The van der Waals surface area contributed by atoms with Gasteiger partial charge in [0.1, 0.15) is 11.9 Å². The van der Waals surface area contributed by atoms with Crippen LogP contribution < -0.4 is 11.5 Å². The summed E-state index contributed by atoms with van der Waals surface area (Å²) in [6.07, 6.45) is -2.33. The van der Waals surface area contributed by atoms with Gasteiger partial charge in [-0.25, -0.2) is 0 Å². The zero-order valence-electron chi connectivity index (χ0n) is 7.59. The van der Waals surface area contributed by atoms with Crippen molar-refractivity contribution in [3.8, 4) is 5.75 Å². The van der Waals surface area contributed by atoms with Gasteiger partial charge in [-0.1, -0.05) is 0 Å². The van der Waals surface area contributed by atoms with Crippen LogP contribution in [0.15, 0.2) is 18.2 Å². The molecule has 1 aromatic rings. The van der Waals surface area contributed by atoms with Crippen LogP contribution in [0.4, 0.5) is 5.69 Å². The molecule has 14 heavy (non-hydrogen) atoms. The van der Waals surface area contributed by atoms with Gasteiger partial charge < -0.3 is 26.8 Å². The van der Waals surface area contributed by atoms with Crippen LogP contribution in [-0.4, -0.2) is 28.0 Å². The average Bonchev–Trinajstić information content (AvgIpc) is 2.19. The summed E-state index contributed by atoms with van der Waals surface area (Å²) in [5.74, 6) is -0.112.